The van der Waals surface area contributed by atoms with Crippen LogP contribution < -0.4 is 10.6 Å². The van der Waals surface area contributed by atoms with Gasteiger partial charge in [-0.15, -0.1) is 24.0 Å². The van der Waals surface area contributed by atoms with Gasteiger partial charge in [-0.2, -0.15) is 0 Å². The summed E-state index contributed by atoms with van der Waals surface area (Å²) in [5, 5.41) is 7.10. The highest BCUT2D eigenvalue weighted by Gasteiger charge is 2.20. The third-order valence-corrected chi connectivity index (χ3v) is 5.48. The summed E-state index contributed by atoms with van der Waals surface area (Å²) in [5.41, 5.74) is 1.16. The topological polar surface area (TPSA) is 55.8 Å². The highest BCUT2D eigenvalue weighted by atomic mass is 127. The van der Waals surface area contributed by atoms with E-state index in [0.29, 0.717) is 18.1 Å². The lowest BCUT2D eigenvalue weighted by atomic mass is 10.0. The van der Waals surface area contributed by atoms with Crippen LogP contribution in [0.2, 0.25) is 0 Å². The van der Waals surface area contributed by atoms with E-state index in [1.165, 1.54) is 0 Å². The van der Waals surface area contributed by atoms with Gasteiger partial charge in [-0.05, 0) is 59.1 Å². The molecule has 166 valence electrons. The Balaban J connectivity index is 0.00000420. The summed E-state index contributed by atoms with van der Waals surface area (Å²) in [5.74, 6) is 0.934. The lowest BCUT2D eigenvalue weighted by Crippen LogP contribution is -2.49. The molecule has 0 amide bonds. The number of aliphatic imine (C=N–C) groups is 1. The number of aromatic nitrogens is 1. The monoisotopic (exact) mass is 516 g/mol. The Hall–Kier alpha value is -0.930. The van der Waals surface area contributed by atoms with Crippen molar-refractivity contribution in [3.8, 4) is 0 Å². The zero-order valence-electron chi connectivity index (χ0n) is 18.9. The van der Waals surface area contributed by atoms with Gasteiger partial charge in [0.25, 0.3) is 0 Å². The quantitative estimate of drug-likeness (QED) is 0.228. The fraction of sp³-hybridized carbons (Fsp3) is 0.727. The molecule has 0 aliphatic carbocycles. The molecule has 2 N–H and O–H groups in total. The van der Waals surface area contributed by atoms with Crippen molar-refractivity contribution in [3.63, 3.8) is 0 Å². The molecule has 7 heteroatoms. The van der Waals surface area contributed by atoms with Gasteiger partial charge in [0.1, 0.15) is 0 Å². The lowest BCUT2D eigenvalue weighted by Gasteiger charge is -2.33. The average molecular weight is 517 g/mol. The number of likely N-dealkylation sites (tertiary alicyclic amines) is 1. The molecule has 1 fully saturated rings. The van der Waals surface area contributed by atoms with Gasteiger partial charge in [-0.25, -0.2) is 0 Å². The van der Waals surface area contributed by atoms with Crippen molar-refractivity contribution in [2.24, 2.45) is 4.99 Å². The van der Waals surface area contributed by atoms with Gasteiger partial charge >= 0.3 is 0 Å². The third kappa shape index (κ3) is 9.61. The number of pyridine rings is 1. The van der Waals surface area contributed by atoms with Gasteiger partial charge in [0.2, 0.25) is 0 Å². The van der Waals surface area contributed by atoms with Crippen LogP contribution in [0, 0.1) is 0 Å². The Bertz CT molecular complexity index is 562. The second-order valence-electron chi connectivity index (χ2n) is 8.29. The maximum Gasteiger partial charge on any atom is 0.191 e. The summed E-state index contributed by atoms with van der Waals surface area (Å²) in [7, 11) is 1.86. The van der Waals surface area contributed by atoms with E-state index in [1.54, 1.807) is 0 Å². The standard InChI is InChI=1S/C22H40N6.HI/c1-18(2)28(19(3)4)14-8-13-25-22(23-5)26-20-10-15-27(16-11-20)17-21-9-6-7-12-24-21;/h6-7,9,12,18-20H,8,10-11,13-17H2,1-5H3,(H2,23,25,26);1H. The first-order chi connectivity index (χ1) is 13.5. The predicted octanol–water partition coefficient (Wildman–Crippen LogP) is 3.34. The van der Waals surface area contributed by atoms with Crippen LogP contribution in [-0.4, -0.2) is 72.1 Å². The second-order valence-corrected chi connectivity index (χ2v) is 8.29. The number of nitrogens with zero attached hydrogens (tertiary/aromatic N) is 4. The van der Waals surface area contributed by atoms with Crippen LogP contribution in [0.5, 0.6) is 0 Å². The number of hydrogen-bond acceptors (Lipinski definition) is 4. The Kier molecular flexibility index (Phi) is 12.7. The molecule has 1 saturated heterocycles. The number of nitrogens with one attached hydrogen (secondary N) is 2. The molecule has 1 aromatic rings. The largest absolute Gasteiger partial charge is 0.356 e. The van der Waals surface area contributed by atoms with E-state index in [9.17, 15) is 0 Å². The Morgan fingerprint density at radius 3 is 2.45 bits per heavy atom. The molecule has 6 nitrogen and oxygen atoms in total. The van der Waals surface area contributed by atoms with E-state index in [2.05, 4.69) is 70.2 Å². The molecular weight excluding hydrogens is 475 g/mol. The molecule has 1 aromatic heterocycles. The smallest absolute Gasteiger partial charge is 0.191 e. The van der Waals surface area contributed by atoms with Crippen LogP contribution >= 0.6 is 24.0 Å². The molecule has 2 heterocycles. The van der Waals surface area contributed by atoms with E-state index in [-0.39, 0.29) is 24.0 Å². The van der Waals surface area contributed by atoms with Crippen LogP contribution in [0.1, 0.15) is 52.7 Å². The number of guanidine groups is 1. The number of halogens is 1. The van der Waals surface area contributed by atoms with Gasteiger partial charge in [-0.1, -0.05) is 6.07 Å². The minimum Gasteiger partial charge on any atom is -0.356 e. The average Bonchev–Trinajstić information content (AvgIpc) is 2.68. The maximum atomic E-state index is 4.44. The van der Waals surface area contributed by atoms with Crippen molar-refractivity contribution in [1.29, 1.82) is 0 Å². The highest BCUT2D eigenvalue weighted by molar-refractivity contribution is 14.0. The molecule has 0 atom stereocenters. The fourth-order valence-corrected chi connectivity index (χ4v) is 3.93. The van der Waals surface area contributed by atoms with Gasteiger partial charge in [-0.3, -0.25) is 19.8 Å². The highest BCUT2D eigenvalue weighted by Crippen LogP contribution is 2.13. The molecular formula is C22H41IN6. The van der Waals surface area contributed by atoms with Crippen LogP contribution in [0.15, 0.2) is 29.4 Å². The van der Waals surface area contributed by atoms with Crippen molar-refractivity contribution in [1.82, 2.24) is 25.4 Å². The normalized spacial score (nSPS) is 16.3. The first-order valence-corrected chi connectivity index (χ1v) is 10.8. The molecule has 0 aromatic carbocycles. The van der Waals surface area contributed by atoms with Gasteiger partial charge in [0.15, 0.2) is 5.96 Å². The maximum absolute atomic E-state index is 4.44. The summed E-state index contributed by atoms with van der Waals surface area (Å²) in [6.45, 7) is 14.3. The number of piperidine rings is 1. The van der Waals surface area contributed by atoms with Crippen molar-refractivity contribution in [2.75, 3.05) is 33.2 Å². The van der Waals surface area contributed by atoms with Crippen molar-refractivity contribution >= 4 is 29.9 Å². The molecule has 29 heavy (non-hydrogen) atoms. The second kappa shape index (κ2) is 14.1. The van der Waals surface area contributed by atoms with Crippen molar-refractivity contribution < 1.29 is 0 Å². The number of hydrogen-bond donors (Lipinski definition) is 2. The Morgan fingerprint density at radius 2 is 1.90 bits per heavy atom. The first kappa shape index (κ1) is 26.1. The Morgan fingerprint density at radius 1 is 1.21 bits per heavy atom. The van der Waals surface area contributed by atoms with Gasteiger partial charge < -0.3 is 10.6 Å². The minimum atomic E-state index is 0. The lowest BCUT2D eigenvalue weighted by molar-refractivity contribution is 0.173. The molecule has 0 radical (unpaired) electrons. The van der Waals surface area contributed by atoms with E-state index in [0.717, 1.165) is 63.6 Å². The summed E-state index contributed by atoms with van der Waals surface area (Å²) < 4.78 is 0. The Labute approximate surface area is 195 Å². The summed E-state index contributed by atoms with van der Waals surface area (Å²) in [6.07, 6.45) is 5.28. The van der Waals surface area contributed by atoms with Gasteiger partial charge in [0.05, 0.1) is 5.69 Å². The summed E-state index contributed by atoms with van der Waals surface area (Å²) in [6, 6.07) is 7.82. The van der Waals surface area contributed by atoms with Crippen LogP contribution in [0.4, 0.5) is 0 Å². The van der Waals surface area contributed by atoms with E-state index >= 15 is 0 Å². The van der Waals surface area contributed by atoms with Crippen LogP contribution in [-0.2, 0) is 6.54 Å². The summed E-state index contributed by atoms with van der Waals surface area (Å²) >= 11 is 0. The first-order valence-electron chi connectivity index (χ1n) is 10.8. The SMILES string of the molecule is CN=C(NCCCN(C(C)C)C(C)C)NC1CCN(Cc2ccccn2)CC1.I. The fourth-order valence-electron chi connectivity index (χ4n) is 3.93. The molecule has 0 spiro atoms. The van der Waals surface area contributed by atoms with E-state index < -0.39 is 0 Å². The molecule has 2 rings (SSSR count). The zero-order valence-corrected chi connectivity index (χ0v) is 21.2. The summed E-state index contributed by atoms with van der Waals surface area (Å²) in [4.78, 5) is 13.9. The van der Waals surface area contributed by atoms with E-state index in [1.807, 2.05) is 19.3 Å². The van der Waals surface area contributed by atoms with Crippen molar-refractivity contribution in [3.05, 3.63) is 30.1 Å². The molecule has 0 unspecified atom stereocenters. The molecule has 1 aliphatic rings. The van der Waals surface area contributed by atoms with Crippen LogP contribution in [0.25, 0.3) is 0 Å². The molecule has 1 aliphatic heterocycles. The minimum absolute atomic E-state index is 0. The predicted molar refractivity (Wildman–Crippen MR) is 134 cm³/mol. The molecule has 0 bridgehead atoms. The van der Waals surface area contributed by atoms with E-state index in [4.69, 9.17) is 0 Å². The van der Waals surface area contributed by atoms with Gasteiger partial charge in [0, 0.05) is 64.1 Å². The third-order valence-electron chi connectivity index (χ3n) is 5.48. The number of rotatable bonds is 9. The zero-order chi connectivity index (χ0) is 20.4. The van der Waals surface area contributed by atoms with Crippen molar-refractivity contribution in [2.45, 2.75) is 71.6 Å². The van der Waals surface area contributed by atoms with Crippen LogP contribution in [0.3, 0.4) is 0 Å². The molecule has 0 saturated carbocycles.